The van der Waals surface area contributed by atoms with E-state index in [4.69, 9.17) is 0 Å². The number of fused-ring (bicyclic) bond motifs is 10. The molecule has 48 heavy (non-hydrogen) atoms. The minimum absolute atomic E-state index is 1.24. The standard InChI is InChI=1S/C48H30/c1-2-10-31(11-3-1)46-28-32-12-4-5-13-33(32)29-47(46)38-22-24-40-37(27-38)19-18-36-26-34(20-23-39(36)40)35-21-25-45-43-16-7-6-14-41(43)42-15-8-9-17-44(42)48(45)30-35/h1-30H. The Bertz CT molecular complexity index is 2840. The van der Waals surface area contributed by atoms with Gasteiger partial charge in [0.05, 0.1) is 0 Å². The van der Waals surface area contributed by atoms with Crippen molar-refractivity contribution < 1.29 is 0 Å². The number of hydrogen-bond donors (Lipinski definition) is 0. The van der Waals surface area contributed by atoms with Crippen LogP contribution in [0.4, 0.5) is 0 Å². The van der Waals surface area contributed by atoms with Gasteiger partial charge < -0.3 is 0 Å². The highest BCUT2D eigenvalue weighted by Gasteiger charge is 2.13. The summed E-state index contributed by atoms with van der Waals surface area (Å²) < 4.78 is 0. The van der Waals surface area contributed by atoms with Crippen LogP contribution in [0.3, 0.4) is 0 Å². The van der Waals surface area contributed by atoms with E-state index in [2.05, 4.69) is 182 Å². The molecule has 0 N–H and O–H groups in total. The van der Waals surface area contributed by atoms with Gasteiger partial charge in [0.15, 0.2) is 0 Å². The Morgan fingerprint density at radius 2 is 0.604 bits per heavy atom. The highest BCUT2D eigenvalue weighted by molar-refractivity contribution is 6.25. The van der Waals surface area contributed by atoms with Crippen molar-refractivity contribution in [2.75, 3.05) is 0 Å². The molecule has 0 aromatic heterocycles. The molecule has 0 bridgehead atoms. The Kier molecular flexibility index (Phi) is 5.98. The van der Waals surface area contributed by atoms with Crippen LogP contribution in [0, 0.1) is 0 Å². The summed E-state index contributed by atoms with van der Waals surface area (Å²) in [4.78, 5) is 0. The van der Waals surface area contributed by atoms with Crippen LogP contribution in [0.1, 0.15) is 0 Å². The zero-order valence-electron chi connectivity index (χ0n) is 26.3. The number of rotatable bonds is 3. The molecule has 0 amide bonds. The average molecular weight is 607 g/mol. The lowest BCUT2D eigenvalue weighted by molar-refractivity contribution is 1.62. The Labute approximate surface area is 279 Å². The van der Waals surface area contributed by atoms with Crippen LogP contribution in [-0.2, 0) is 0 Å². The quantitative estimate of drug-likeness (QED) is 0.176. The van der Waals surface area contributed by atoms with E-state index in [1.165, 1.54) is 98.0 Å². The van der Waals surface area contributed by atoms with Gasteiger partial charge in [-0.15, -0.1) is 0 Å². The van der Waals surface area contributed by atoms with Crippen LogP contribution in [0.25, 0.3) is 98.0 Å². The molecule has 0 heterocycles. The summed E-state index contributed by atoms with van der Waals surface area (Å²) >= 11 is 0. The molecule has 0 radical (unpaired) electrons. The zero-order valence-corrected chi connectivity index (χ0v) is 26.3. The van der Waals surface area contributed by atoms with Gasteiger partial charge in [0.1, 0.15) is 0 Å². The monoisotopic (exact) mass is 606 g/mol. The van der Waals surface area contributed by atoms with Gasteiger partial charge in [-0.25, -0.2) is 0 Å². The summed E-state index contributed by atoms with van der Waals surface area (Å²) in [6, 6.07) is 67.1. The van der Waals surface area contributed by atoms with E-state index in [-0.39, 0.29) is 0 Å². The predicted octanol–water partition coefficient (Wildman–Crippen LogP) is 13.6. The molecule has 10 rings (SSSR count). The van der Waals surface area contributed by atoms with E-state index < -0.39 is 0 Å². The van der Waals surface area contributed by atoms with Crippen molar-refractivity contribution in [3.8, 4) is 33.4 Å². The summed E-state index contributed by atoms with van der Waals surface area (Å²) in [5.74, 6) is 0. The van der Waals surface area contributed by atoms with Gasteiger partial charge in [0.2, 0.25) is 0 Å². The molecule has 0 aliphatic rings. The minimum Gasteiger partial charge on any atom is -0.0622 e. The second-order valence-corrected chi connectivity index (χ2v) is 12.9. The van der Waals surface area contributed by atoms with E-state index in [0.717, 1.165) is 0 Å². The van der Waals surface area contributed by atoms with E-state index in [1.54, 1.807) is 0 Å². The molecule has 0 aliphatic carbocycles. The largest absolute Gasteiger partial charge is 0.0622 e. The molecule has 0 spiro atoms. The molecule has 0 atom stereocenters. The van der Waals surface area contributed by atoms with Crippen molar-refractivity contribution in [2.45, 2.75) is 0 Å². The molecule has 0 unspecified atom stereocenters. The first-order chi connectivity index (χ1) is 23.8. The summed E-state index contributed by atoms with van der Waals surface area (Å²) in [5, 5.41) is 15.4. The third-order valence-corrected chi connectivity index (χ3v) is 10.2. The fraction of sp³-hybridized carbons (Fsp3) is 0. The zero-order chi connectivity index (χ0) is 31.6. The lowest BCUT2D eigenvalue weighted by atomic mass is 9.89. The third kappa shape index (κ3) is 4.24. The van der Waals surface area contributed by atoms with Gasteiger partial charge in [-0.3, -0.25) is 0 Å². The second kappa shape index (κ2) is 10.7. The van der Waals surface area contributed by atoms with Gasteiger partial charge in [-0.1, -0.05) is 152 Å². The molecule has 10 aromatic rings. The van der Waals surface area contributed by atoms with Gasteiger partial charge in [-0.2, -0.15) is 0 Å². The first-order valence-corrected chi connectivity index (χ1v) is 16.7. The smallest absolute Gasteiger partial charge is 0.00928 e. The summed E-state index contributed by atoms with van der Waals surface area (Å²) in [6.07, 6.45) is 0. The topological polar surface area (TPSA) is 0 Å². The first kappa shape index (κ1) is 26.9. The van der Waals surface area contributed by atoms with Crippen molar-refractivity contribution in [3.63, 3.8) is 0 Å². The van der Waals surface area contributed by atoms with Crippen molar-refractivity contribution in [1.82, 2.24) is 0 Å². The molecule has 0 fully saturated rings. The molecule has 10 aromatic carbocycles. The van der Waals surface area contributed by atoms with Crippen LogP contribution in [0.5, 0.6) is 0 Å². The maximum Gasteiger partial charge on any atom is -0.00928 e. The number of hydrogen-bond acceptors (Lipinski definition) is 0. The van der Waals surface area contributed by atoms with E-state index in [1.807, 2.05) is 0 Å². The summed E-state index contributed by atoms with van der Waals surface area (Å²) in [5.41, 5.74) is 7.47. The molecule has 0 saturated heterocycles. The molecular weight excluding hydrogens is 577 g/mol. The van der Waals surface area contributed by atoms with Gasteiger partial charge >= 0.3 is 0 Å². The average Bonchev–Trinajstić information content (AvgIpc) is 3.17. The lowest BCUT2D eigenvalue weighted by Gasteiger charge is -2.14. The maximum absolute atomic E-state index is 2.38. The van der Waals surface area contributed by atoms with Crippen LogP contribution in [-0.4, -0.2) is 0 Å². The third-order valence-electron chi connectivity index (χ3n) is 10.2. The second-order valence-electron chi connectivity index (χ2n) is 12.9. The molecule has 222 valence electrons. The Morgan fingerprint density at radius 1 is 0.188 bits per heavy atom. The highest BCUT2D eigenvalue weighted by Crippen LogP contribution is 2.40. The first-order valence-electron chi connectivity index (χ1n) is 16.7. The fourth-order valence-corrected chi connectivity index (χ4v) is 7.84. The molecule has 0 nitrogen and oxygen atoms in total. The van der Waals surface area contributed by atoms with E-state index in [0.29, 0.717) is 0 Å². The van der Waals surface area contributed by atoms with Crippen LogP contribution in [0.2, 0.25) is 0 Å². The lowest BCUT2D eigenvalue weighted by Crippen LogP contribution is -1.88. The van der Waals surface area contributed by atoms with Gasteiger partial charge in [0, 0.05) is 0 Å². The molecule has 0 heteroatoms. The van der Waals surface area contributed by atoms with Crippen LogP contribution < -0.4 is 0 Å². The van der Waals surface area contributed by atoms with Gasteiger partial charge in [-0.05, 0) is 128 Å². The van der Waals surface area contributed by atoms with E-state index >= 15 is 0 Å². The van der Waals surface area contributed by atoms with Crippen molar-refractivity contribution in [1.29, 1.82) is 0 Å². The Balaban J connectivity index is 1.10. The number of benzene rings is 10. The maximum atomic E-state index is 2.38. The van der Waals surface area contributed by atoms with E-state index in [9.17, 15) is 0 Å². The molecule has 0 saturated carbocycles. The van der Waals surface area contributed by atoms with Crippen molar-refractivity contribution in [2.24, 2.45) is 0 Å². The van der Waals surface area contributed by atoms with Crippen LogP contribution >= 0.6 is 0 Å². The Hall–Kier alpha value is -6.24. The summed E-state index contributed by atoms with van der Waals surface area (Å²) in [6.45, 7) is 0. The van der Waals surface area contributed by atoms with Crippen molar-refractivity contribution >= 4 is 64.6 Å². The minimum atomic E-state index is 1.24. The highest BCUT2D eigenvalue weighted by atomic mass is 14.2. The Morgan fingerprint density at radius 3 is 1.21 bits per heavy atom. The van der Waals surface area contributed by atoms with Crippen molar-refractivity contribution in [3.05, 3.63) is 182 Å². The predicted molar refractivity (Wildman–Crippen MR) is 208 cm³/mol. The molecule has 0 aliphatic heterocycles. The normalized spacial score (nSPS) is 11.8. The van der Waals surface area contributed by atoms with Crippen LogP contribution in [0.15, 0.2) is 182 Å². The SMILES string of the molecule is c1ccc(-c2cc3ccccc3cc2-c2ccc3c(ccc4cc(-c5ccc6c7ccccc7c7ccccc7c6c5)ccc43)c2)cc1. The summed E-state index contributed by atoms with van der Waals surface area (Å²) in [7, 11) is 0. The molecular formula is C48H30. The fourth-order valence-electron chi connectivity index (χ4n) is 7.84. The van der Waals surface area contributed by atoms with Gasteiger partial charge in [0.25, 0.3) is 0 Å².